The van der Waals surface area contributed by atoms with Gasteiger partial charge in [0.25, 0.3) is 0 Å². The highest BCUT2D eigenvalue weighted by atomic mass is 35.5. The lowest BCUT2D eigenvalue weighted by Gasteiger charge is -2.30. The van der Waals surface area contributed by atoms with E-state index in [1.54, 1.807) is 0 Å². The van der Waals surface area contributed by atoms with E-state index < -0.39 is 0 Å². The van der Waals surface area contributed by atoms with Crippen LogP contribution in [0.1, 0.15) is 18.5 Å². The van der Waals surface area contributed by atoms with Gasteiger partial charge in [-0.05, 0) is 47.5 Å². The van der Waals surface area contributed by atoms with Gasteiger partial charge in [-0.1, -0.05) is 48.0 Å². The Kier molecular flexibility index (Phi) is 6.41. The number of nitrogens with zero attached hydrogens (tertiary/aromatic N) is 1. The topological polar surface area (TPSA) is 53.6 Å². The van der Waals surface area contributed by atoms with E-state index in [4.69, 9.17) is 16.3 Å². The standard InChI is InChI=1S/C24H26ClN3O2/c1-17(19-7-6-18-4-2-3-5-20(18)14-19)27-24(29)16-26-22-15-21(25)8-9-23(22)28-10-12-30-13-11-28/h2-9,14-15,17,26H,10-13,16H2,1H3,(H,27,29)/t17-/m0/s1. The van der Waals surface area contributed by atoms with Crippen LogP contribution in [0.4, 0.5) is 11.4 Å². The van der Waals surface area contributed by atoms with Crippen LogP contribution >= 0.6 is 11.6 Å². The fourth-order valence-electron chi connectivity index (χ4n) is 3.76. The normalized spacial score (nSPS) is 15.1. The van der Waals surface area contributed by atoms with Crippen molar-refractivity contribution in [3.8, 4) is 0 Å². The molecule has 6 heteroatoms. The quantitative estimate of drug-likeness (QED) is 0.607. The molecule has 0 unspecified atom stereocenters. The van der Waals surface area contributed by atoms with E-state index in [1.807, 2.05) is 37.3 Å². The minimum Gasteiger partial charge on any atom is -0.378 e. The van der Waals surface area contributed by atoms with Gasteiger partial charge in [0.05, 0.1) is 37.2 Å². The van der Waals surface area contributed by atoms with Gasteiger partial charge in [-0.25, -0.2) is 0 Å². The molecule has 5 nitrogen and oxygen atoms in total. The van der Waals surface area contributed by atoms with E-state index >= 15 is 0 Å². The van der Waals surface area contributed by atoms with Crippen molar-refractivity contribution in [1.29, 1.82) is 0 Å². The highest BCUT2D eigenvalue weighted by Gasteiger charge is 2.16. The molecule has 156 valence electrons. The molecule has 1 saturated heterocycles. The monoisotopic (exact) mass is 423 g/mol. The van der Waals surface area contributed by atoms with Gasteiger partial charge in [-0.15, -0.1) is 0 Å². The zero-order valence-electron chi connectivity index (χ0n) is 17.0. The molecular weight excluding hydrogens is 398 g/mol. The molecule has 1 amide bonds. The SMILES string of the molecule is C[C@H](NC(=O)CNc1cc(Cl)ccc1N1CCOCC1)c1ccc2ccccc2c1. The predicted octanol–water partition coefficient (Wildman–Crippen LogP) is 4.62. The maximum Gasteiger partial charge on any atom is 0.239 e. The van der Waals surface area contributed by atoms with Crippen LogP contribution in [0.25, 0.3) is 10.8 Å². The average Bonchev–Trinajstić information content (AvgIpc) is 2.78. The minimum absolute atomic E-state index is 0.0661. The Morgan fingerprint density at radius 1 is 1.07 bits per heavy atom. The first-order valence-electron chi connectivity index (χ1n) is 10.2. The Labute approximate surface area is 182 Å². The van der Waals surface area contributed by atoms with Crippen molar-refractivity contribution in [2.45, 2.75) is 13.0 Å². The lowest BCUT2D eigenvalue weighted by atomic mass is 10.0. The molecular formula is C24H26ClN3O2. The third-order valence-electron chi connectivity index (χ3n) is 5.40. The molecule has 1 aliphatic heterocycles. The number of carbonyl (C=O) groups excluding carboxylic acids is 1. The molecule has 0 aliphatic carbocycles. The Morgan fingerprint density at radius 2 is 1.83 bits per heavy atom. The number of anilines is 2. The lowest BCUT2D eigenvalue weighted by molar-refractivity contribution is -0.120. The Morgan fingerprint density at radius 3 is 2.63 bits per heavy atom. The smallest absolute Gasteiger partial charge is 0.239 e. The third-order valence-corrected chi connectivity index (χ3v) is 5.64. The van der Waals surface area contributed by atoms with Gasteiger partial charge in [0.1, 0.15) is 0 Å². The van der Waals surface area contributed by atoms with Crippen molar-refractivity contribution in [1.82, 2.24) is 5.32 Å². The first-order valence-corrected chi connectivity index (χ1v) is 10.6. The maximum atomic E-state index is 12.6. The van der Waals surface area contributed by atoms with Crippen LogP contribution in [0, 0.1) is 0 Å². The fourth-order valence-corrected chi connectivity index (χ4v) is 3.93. The van der Waals surface area contributed by atoms with Gasteiger partial charge in [0.15, 0.2) is 0 Å². The van der Waals surface area contributed by atoms with E-state index in [9.17, 15) is 4.79 Å². The predicted molar refractivity (Wildman–Crippen MR) is 123 cm³/mol. The summed E-state index contributed by atoms with van der Waals surface area (Å²) in [5.41, 5.74) is 2.98. The summed E-state index contributed by atoms with van der Waals surface area (Å²) in [4.78, 5) is 14.8. The van der Waals surface area contributed by atoms with Crippen LogP contribution in [0.5, 0.6) is 0 Å². The first kappa shape index (κ1) is 20.5. The zero-order chi connectivity index (χ0) is 20.9. The number of rotatable bonds is 6. The zero-order valence-corrected chi connectivity index (χ0v) is 17.8. The molecule has 2 N–H and O–H groups in total. The summed E-state index contributed by atoms with van der Waals surface area (Å²) in [6.45, 7) is 5.22. The molecule has 1 atom stereocenters. The number of hydrogen-bond acceptors (Lipinski definition) is 4. The molecule has 1 heterocycles. The molecule has 0 radical (unpaired) electrons. The highest BCUT2D eigenvalue weighted by Crippen LogP contribution is 2.29. The van der Waals surface area contributed by atoms with E-state index in [2.05, 4.69) is 45.9 Å². The second-order valence-corrected chi connectivity index (χ2v) is 7.95. The molecule has 0 aromatic heterocycles. The van der Waals surface area contributed by atoms with Crippen molar-refractivity contribution in [3.63, 3.8) is 0 Å². The number of nitrogens with one attached hydrogen (secondary N) is 2. The van der Waals surface area contributed by atoms with Crippen molar-refractivity contribution >= 4 is 39.7 Å². The van der Waals surface area contributed by atoms with Gasteiger partial charge < -0.3 is 20.3 Å². The van der Waals surface area contributed by atoms with Crippen molar-refractivity contribution in [2.75, 3.05) is 43.1 Å². The Hall–Kier alpha value is -2.76. The molecule has 0 bridgehead atoms. The van der Waals surface area contributed by atoms with E-state index in [0.29, 0.717) is 18.2 Å². The second kappa shape index (κ2) is 9.37. The minimum atomic E-state index is -0.0815. The molecule has 0 spiro atoms. The number of hydrogen-bond donors (Lipinski definition) is 2. The van der Waals surface area contributed by atoms with Crippen LogP contribution < -0.4 is 15.5 Å². The van der Waals surface area contributed by atoms with Gasteiger partial charge in [0, 0.05) is 18.1 Å². The van der Waals surface area contributed by atoms with E-state index in [0.717, 1.165) is 30.0 Å². The summed E-state index contributed by atoms with van der Waals surface area (Å²) >= 11 is 6.20. The molecule has 3 aromatic rings. The van der Waals surface area contributed by atoms with Crippen molar-refractivity contribution < 1.29 is 9.53 Å². The average molecular weight is 424 g/mol. The number of morpholine rings is 1. The first-order chi connectivity index (χ1) is 14.6. The van der Waals surface area contributed by atoms with Gasteiger partial charge in [0.2, 0.25) is 5.91 Å². The number of carbonyl (C=O) groups is 1. The van der Waals surface area contributed by atoms with Crippen molar-refractivity contribution in [2.24, 2.45) is 0 Å². The molecule has 1 fully saturated rings. The maximum absolute atomic E-state index is 12.6. The van der Waals surface area contributed by atoms with E-state index in [-0.39, 0.29) is 18.5 Å². The summed E-state index contributed by atoms with van der Waals surface area (Å²) in [6.07, 6.45) is 0. The second-order valence-electron chi connectivity index (χ2n) is 7.51. The number of amides is 1. The summed E-state index contributed by atoms with van der Waals surface area (Å²) in [5, 5.41) is 9.34. The third kappa shape index (κ3) is 4.86. The molecule has 3 aromatic carbocycles. The van der Waals surface area contributed by atoms with Crippen molar-refractivity contribution in [3.05, 3.63) is 71.2 Å². The number of halogens is 1. The van der Waals surface area contributed by atoms with Gasteiger partial charge in [-0.3, -0.25) is 4.79 Å². The van der Waals surface area contributed by atoms with Crippen LogP contribution in [-0.2, 0) is 9.53 Å². The molecule has 30 heavy (non-hydrogen) atoms. The largest absolute Gasteiger partial charge is 0.378 e. The molecule has 4 rings (SSSR count). The lowest BCUT2D eigenvalue weighted by Crippen LogP contribution is -2.37. The number of fused-ring (bicyclic) bond motifs is 1. The van der Waals surface area contributed by atoms with Crippen LogP contribution in [0.3, 0.4) is 0 Å². The van der Waals surface area contributed by atoms with Crippen LogP contribution in [-0.4, -0.2) is 38.8 Å². The van der Waals surface area contributed by atoms with Crippen LogP contribution in [0.15, 0.2) is 60.7 Å². The van der Waals surface area contributed by atoms with E-state index in [1.165, 1.54) is 10.8 Å². The Balaban J connectivity index is 1.40. The molecule has 0 saturated carbocycles. The summed E-state index contributed by atoms with van der Waals surface area (Å²) in [6, 6.07) is 20.2. The summed E-state index contributed by atoms with van der Waals surface area (Å²) in [7, 11) is 0. The Bertz CT molecular complexity index is 1030. The van der Waals surface area contributed by atoms with Crippen LogP contribution in [0.2, 0.25) is 5.02 Å². The summed E-state index contributed by atoms with van der Waals surface area (Å²) < 4.78 is 5.44. The van der Waals surface area contributed by atoms with Gasteiger partial charge >= 0.3 is 0 Å². The molecule has 1 aliphatic rings. The highest BCUT2D eigenvalue weighted by molar-refractivity contribution is 6.31. The fraction of sp³-hybridized carbons (Fsp3) is 0.292. The number of benzene rings is 3. The summed E-state index contributed by atoms with van der Waals surface area (Å²) in [5.74, 6) is -0.0661. The number of ether oxygens (including phenoxy) is 1. The van der Waals surface area contributed by atoms with Gasteiger partial charge in [-0.2, -0.15) is 0 Å².